The molecule has 23 heavy (non-hydrogen) atoms. The minimum atomic E-state index is -0.214. The van der Waals surface area contributed by atoms with Gasteiger partial charge in [-0.05, 0) is 33.5 Å². The van der Waals surface area contributed by atoms with E-state index in [-0.39, 0.29) is 11.8 Å². The molecule has 0 spiro atoms. The van der Waals surface area contributed by atoms with Gasteiger partial charge in [-0.1, -0.05) is 54.6 Å². The highest BCUT2D eigenvalue weighted by Gasteiger charge is 2.33. The average Bonchev–Trinajstić information content (AvgIpc) is 2.90. The van der Waals surface area contributed by atoms with Gasteiger partial charge >= 0.3 is 0 Å². The van der Waals surface area contributed by atoms with Crippen LogP contribution in [-0.2, 0) is 11.3 Å². The molecule has 0 bridgehead atoms. The number of benzene rings is 3. The molecule has 4 rings (SSSR count). The molecule has 0 fully saturated rings. The van der Waals surface area contributed by atoms with Crippen LogP contribution in [0.4, 0.5) is 0 Å². The molecule has 1 aliphatic heterocycles. The molecule has 2 amide bonds. The predicted molar refractivity (Wildman–Crippen MR) is 89.9 cm³/mol. The topological polar surface area (TPSA) is 37.4 Å². The van der Waals surface area contributed by atoms with Crippen molar-refractivity contribution in [3.8, 4) is 11.1 Å². The van der Waals surface area contributed by atoms with Crippen molar-refractivity contribution in [2.75, 3.05) is 0 Å². The quantitative estimate of drug-likeness (QED) is 0.681. The molecule has 112 valence electrons. The Balaban J connectivity index is 2.07. The van der Waals surface area contributed by atoms with Crippen LogP contribution in [0.3, 0.4) is 0 Å². The van der Waals surface area contributed by atoms with E-state index in [9.17, 15) is 9.59 Å². The SMILES string of the molecule is CC(=O)N1Cc2c(cc3ccccc3c2-c2ccccc2)C1=O. The van der Waals surface area contributed by atoms with Gasteiger partial charge in [0.05, 0.1) is 6.54 Å². The summed E-state index contributed by atoms with van der Waals surface area (Å²) >= 11 is 0. The number of carbonyl (C=O) groups excluding carboxylic acids is 2. The van der Waals surface area contributed by atoms with Gasteiger partial charge < -0.3 is 0 Å². The first-order valence-corrected chi connectivity index (χ1v) is 7.59. The van der Waals surface area contributed by atoms with Crippen LogP contribution < -0.4 is 0 Å². The number of imide groups is 1. The Bertz CT molecular complexity index is 945. The molecular weight excluding hydrogens is 286 g/mol. The Morgan fingerprint density at radius 1 is 1.00 bits per heavy atom. The lowest BCUT2D eigenvalue weighted by molar-refractivity contribution is -0.126. The normalized spacial score (nSPS) is 13.4. The molecule has 0 atom stereocenters. The van der Waals surface area contributed by atoms with Gasteiger partial charge in [-0.15, -0.1) is 0 Å². The number of amides is 2. The highest BCUT2D eigenvalue weighted by Crippen LogP contribution is 2.38. The number of nitrogens with zero attached hydrogens (tertiary/aromatic N) is 1. The fourth-order valence-corrected chi connectivity index (χ4v) is 3.31. The molecule has 1 aliphatic rings. The van der Waals surface area contributed by atoms with E-state index < -0.39 is 0 Å². The van der Waals surface area contributed by atoms with Crippen LogP contribution in [0.25, 0.3) is 21.9 Å². The summed E-state index contributed by atoms with van der Waals surface area (Å²) < 4.78 is 0. The summed E-state index contributed by atoms with van der Waals surface area (Å²) in [6.45, 7) is 1.78. The predicted octanol–water partition coefficient (Wildman–Crippen LogP) is 4.01. The number of rotatable bonds is 1. The summed E-state index contributed by atoms with van der Waals surface area (Å²) in [7, 11) is 0. The van der Waals surface area contributed by atoms with Gasteiger partial charge in [0, 0.05) is 12.5 Å². The smallest absolute Gasteiger partial charge is 0.261 e. The van der Waals surface area contributed by atoms with Crippen molar-refractivity contribution >= 4 is 22.6 Å². The van der Waals surface area contributed by atoms with E-state index in [1.54, 1.807) is 0 Å². The Hall–Kier alpha value is -2.94. The maximum absolute atomic E-state index is 12.6. The fourth-order valence-electron chi connectivity index (χ4n) is 3.31. The summed E-state index contributed by atoms with van der Waals surface area (Å²) in [6, 6.07) is 20.0. The van der Waals surface area contributed by atoms with Crippen molar-refractivity contribution in [3.05, 3.63) is 71.8 Å². The largest absolute Gasteiger partial charge is 0.275 e. The van der Waals surface area contributed by atoms with Crippen LogP contribution in [0.2, 0.25) is 0 Å². The van der Waals surface area contributed by atoms with Crippen molar-refractivity contribution in [3.63, 3.8) is 0 Å². The molecule has 0 aromatic heterocycles. The van der Waals surface area contributed by atoms with Gasteiger partial charge in [0.2, 0.25) is 5.91 Å². The van der Waals surface area contributed by atoms with Crippen molar-refractivity contribution in [2.24, 2.45) is 0 Å². The third-order valence-electron chi connectivity index (χ3n) is 4.39. The van der Waals surface area contributed by atoms with Crippen LogP contribution in [0.1, 0.15) is 22.8 Å². The molecule has 0 unspecified atom stereocenters. The molecule has 1 heterocycles. The third kappa shape index (κ3) is 2.05. The minimum absolute atomic E-state index is 0.199. The molecule has 0 saturated carbocycles. The van der Waals surface area contributed by atoms with E-state index >= 15 is 0 Å². The average molecular weight is 301 g/mol. The van der Waals surface area contributed by atoms with E-state index in [0.29, 0.717) is 12.1 Å². The summed E-state index contributed by atoms with van der Waals surface area (Å²) in [5, 5.41) is 2.12. The number of fused-ring (bicyclic) bond motifs is 2. The first-order chi connectivity index (χ1) is 11.2. The van der Waals surface area contributed by atoms with E-state index in [1.165, 1.54) is 11.8 Å². The number of hydrogen-bond donors (Lipinski definition) is 0. The summed E-state index contributed by atoms with van der Waals surface area (Å²) in [5.41, 5.74) is 3.70. The standard InChI is InChI=1S/C20H15NO2/c1-13(22)21-12-18-17(20(21)23)11-15-9-5-6-10-16(15)19(18)14-7-3-2-4-8-14/h2-11H,12H2,1H3. The summed E-state index contributed by atoms with van der Waals surface area (Å²) in [6.07, 6.45) is 0. The zero-order valence-electron chi connectivity index (χ0n) is 12.7. The van der Waals surface area contributed by atoms with Gasteiger partial charge in [-0.3, -0.25) is 14.5 Å². The Morgan fingerprint density at radius 3 is 2.43 bits per heavy atom. The monoisotopic (exact) mass is 301 g/mol. The molecule has 3 heteroatoms. The Kier molecular flexibility index (Phi) is 3.01. The molecular formula is C20H15NO2. The molecule has 3 aromatic carbocycles. The number of hydrogen-bond acceptors (Lipinski definition) is 2. The first-order valence-electron chi connectivity index (χ1n) is 7.59. The second kappa shape index (κ2) is 5.06. The van der Waals surface area contributed by atoms with Crippen molar-refractivity contribution < 1.29 is 9.59 Å². The van der Waals surface area contributed by atoms with Crippen LogP contribution in [0, 0.1) is 0 Å². The van der Waals surface area contributed by atoms with E-state index in [1.807, 2.05) is 54.6 Å². The lowest BCUT2D eigenvalue weighted by atomic mass is 9.91. The van der Waals surface area contributed by atoms with E-state index in [2.05, 4.69) is 6.07 Å². The zero-order valence-corrected chi connectivity index (χ0v) is 12.7. The van der Waals surface area contributed by atoms with Crippen LogP contribution in [0.15, 0.2) is 60.7 Å². The third-order valence-corrected chi connectivity index (χ3v) is 4.39. The van der Waals surface area contributed by atoms with Gasteiger partial charge in [0.15, 0.2) is 0 Å². The van der Waals surface area contributed by atoms with Crippen LogP contribution >= 0.6 is 0 Å². The first kappa shape index (κ1) is 13.7. The zero-order chi connectivity index (χ0) is 16.0. The summed E-state index contributed by atoms with van der Waals surface area (Å²) in [4.78, 5) is 25.7. The maximum Gasteiger partial charge on any atom is 0.261 e. The van der Waals surface area contributed by atoms with Crippen LogP contribution in [0.5, 0.6) is 0 Å². The van der Waals surface area contributed by atoms with Gasteiger partial charge in [-0.2, -0.15) is 0 Å². The molecule has 0 radical (unpaired) electrons. The van der Waals surface area contributed by atoms with Gasteiger partial charge in [0.1, 0.15) is 0 Å². The lowest BCUT2D eigenvalue weighted by Gasteiger charge is -2.12. The Labute approximate surface area is 134 Å². The second-order valence-corrected chi connectivity index (χ2v) is 5.78. The maximum atomic E-state index is 12.6. The highest BCUT2D eigenvalue weighted by molar-refractivity contribution is 6.13. The molecule has 0 N–H and O–H groups in total. The van der Waals surface area contributed by atoms with E-state index in [4.69, 9.17) is 0 Å². The van der Waals surface area contributed by atoms with E-state index in [0.717, 1.165) is 27.5 Å². The molecule has 3 aromatic rings. The van der Waals surface area contributed by atoms with Crippen molar-refractivity contribution in [2.45, 2.75) is 13.5 Å². The minimum Gasteiger partial charge on any atom is -0.275 e. The molecule has 0 saturated heterocycles. The molecule has 0 aliphatic carbocycles. The highest BCUT2D eigenvalue weighted by atomic mass is 16.2. The van der Waals surface area contributed by atoms with Crippen molar-refractivity contribution in [1.82, 2.24) is 4.90 Å². The Morgan fingerprint density at radius 2 is 1.70 bits per heavy atom. The lowest BCUT2D eigenvalue weighted by Crippen LogP contribution is -2.28. The fraction of sp³-hybridized carbons (Fsp3) is 0.100. The second-order valence-electron chi connectivity index (χ2n) is 5.78. The molecule has 3 nitrogen and oxygen atoms in total. The van der Waals surface area contributed by atoms with Crippen LogP contribution in [-0.4, -0.2) is 16.7 Å². The summed E-state index contributed by atoms with van der Waals surface area (Å²) in [5.74, 6) is -0.412. The van der Waals surface area contributed by atoms with Gasteiger partial charge in [-0.25, -0.2) is 0 Å². The van der Waals surface area contributed by atoms with Gasteiger partial charge in [0.25, 0.3) is 5.91 Å². The van der Waals surface area contributed by atoms with Crippen molar-refractivity contribution in [1.29, 1.82) is 0 Å². The number of carbonyl (C=O) groups is 2.